The lowest BCUT2D eigenvalue weighted by molar-refractivity contribution is 0.117. The molecule has 0 spiro atoms. The van der Waals surface area contributed by atoms with Crippen molar-refractivity contribution in [3.8, 4) is 0 Å². The number of methoxy groups -OCH3 is 1. The van der Waals surface area contributed by atoms with Gasteiger partial charge in [0.25, 0.3) is 0 Å². The number of benzene rings is 1. The number of primary sulfonamides is 1. The highest BCUT2D eigenvalue weighted by Gasteiger charge is 2.21. The van der Waals surface area contributed by atoms with E-state index in [0.717, 1.165) is 0 Å². The van der Waals surface area contributed by atoms with Gasteiger partial charge in [-0.1, -0.05) is 23.7 Å². The molecule has 15 heavy (non-hydrogen) atoms. The van der Waals surface area contributed by atoms with E-state index in [9.17, 15) is 8.42 Å². The van der Waals surface area contributed by atoms with Gasteiger partial charge in [0.05, 0.1) is 11.1 Å². The molecule has 0 radical (unpaired) electrons. The third-order valence-corrected chi connectivity index (χ3v) is 3.53. The third kappa shape index (κ3) is 2.69. The molecule has 1 rings (SSSR count). The van der Waals surface area contributed by atoms with Crippen LogP contribution in [0, 0.1) is 0 Å². The molecule has 1 aromatic carbocycles. The molecular weight excluding hydrogens is 238 g/mol. The Kier molecular flexibility index (Phi) is 3.72. The normalized spacial score (nSPS) is 13.9. The van der Waals surface area contributed by atoms with Gasteiger partial charge in [0.15, 0.2) is 0 Å². The quantitative estimate of drug-likeness (QED) is 0.886. The smallest absolute Gasteiger partial charge is 0.239 e. The molecule has 6 heteroatoms. The standard InChI is InChI=1S/C9H12ClNO3S/c1-6(14-2)7-4-3-5-8(10)9(7)15(11,12)13/h3-6H,1-2H3,(H2,11,12,13). The van der Waals surface area contributed by atoms with Crippen LogP contribution in [0.2, 0.25) is 5.02 Å². The Labute approximate surface area is 94.0 Å². The lowest BCUT2D eigenvalue weighted by Gasteiger charge is -2.14. The summed E-state index contributed by atoms with van der Waals surface area (Å²) in [4.78, 5) is -0.0685. The SMILES string of the molecule is COC(C)c1cccc(Cl)c1S(N)(=O)=O. The minimum Gasteiger partial charge on any atom is -0.377 e. The zero-order valence-electron chi connectivity index (χ0n) is 8.40. The summed E-state index contributed by atoms with van der Waals surface area (Å²) in [5, 5.41) is 5.19. The van der Waals surface area contributed by atoms with Crippen LogP contribution >= 0.6 is 11.6 Å². The van der Waals surface area contributed by atoms with Gasteiger partial charge >= 0.3 is 0 Å². The van der Waals surface area contributed by atoms with E-state index in [1.165, 1.54) is 13.2 Å². The molecule has 0 fully saturated rings. The molecule has 0 bridgehead atoms. The molecule has 4 nitrogen and oxygen atoms in total. The van der Waals surface area contributed by atoms with Crippen LogP contribution in [0.1, 0.15) is 18.6 Å². The monoisotopic (exact) mass is 249 g/mol. The molecule has 0 heterocycles. The lowest BCUT2D eigenvalue weighted by atomic mass is 10.1. The first-order valence-electron chi connectivity index (χ1n) is 4.22. The predicted molar refractivity (Wildman–Crippen MR) is 58.2 cm³/mol. The number of sulfonamides is 1. The Bertz CT molecular complexity index is 458. The summed E-state index contributed by atoms with van der Waals surface area (Å²) >= 11 is 5.80. The van der Waals surface area contributed by atoms with Crippen LogP contribution in [0.5, 0.6) is 0 Å². The van der Waals surface area contributed by atoms with E-state index < -0.39 is 10.0 Å². The maximum atomic E-state index is 11.3. The van der Waals surface area contributed by atoms with E-state index >= 15 is 0 Å². The van der Waals surface area contributed by atoms with Gasteiger partial charge in [0, 0.05) is 12.7 Å². The number of rotatable bonds is 3. The fourth-order valence-electron chi connectivity index (χ4n) is 1.27. The number of hydrogen-bond acceptors (Lipinski definition) is 3. The van der Waals surface area contributed by atoms with Crippen molar-refractivity contribution in [1.29, 1.82) is 0 Å². The Hall–Kier alpha value is -0.620. The van der Waals surface area contributed by atoms with Gasteiger partial charge in [-0.25, -0.2) is 13.6 Å². The highest BCUT2D eigenvalue weighted by Crippen LogP contribution is 2.29. The predicted octanol–water partition coefficient (Wildman–Crippen LogP) is 1.69. The molecule has 0 aliphatic carbocycles. The highest BCUT2D eigenvalue weighted by molar-refractivity contribution is 7.89. The molecule has 0 aliphatic rings. The first-order chi connectivity index (χ1) is 6.88. The third-order valence-electron chi connectivity index (χ3n) is 2.07. The van der Waals surface area contributed by atoms with Gasteiger partial charge < -0.3 is 4.74 Å². The summed E-state index contributed by atoms with van der Waals surface area (Å²) < 4.78 is 27.7. The van der Waals surface area contributed by atoms with Crippen LogP contribution in [-0.4, -0.2) is 15.5 Å². The first kappa shape index (κ1) is 12.4. The highest BCUT2D eigenvalue weighted by atomic mass is 35.5. The maximum Gasteiger partial charge on any atom is 0.239 e. The molecule has 0 aliphatic heterocycles. The molecule has 0 saturated heterocycles. The van der Waals surface area contributed by atoms with Crippen molar-refractivity contribution in [2.75, 3.05) is 7.11 Å². The van der Waals surface area contributed by atoms with Crippen LogP contribution in [-0.2, 0) is 14.8 Å². The van der Waals surface area contributed by atoms with Gasteiger partial charge in [0.2, 0.25) is 10.0 Å². The van der Waals surface area contributed by atoms with Crippen molar-refractivity contribution < 1.29 is 13.2 Å². The molecule has 0 saturated carbocycles. The molecule has 84 valence electrons. The zero-order chi connectivity index (χ0) is 11.6. The lowest BCUT2D eigenvalue weighted by Crippen LogP contribution is -2.16. The Morgan fingerprint density at radius 3 is 2.53 bits per heavy atom. The minimum absolute atomic E-state index is 0.0685. The summed E-state index contributed by atoms with van der Waals surface area (Å²) in [7, 11) is -2.35. The molecule has 1 aromatic rings. The van der Waals surface area contributed by atoms with Crippen LogP contribution in [0.15, 0.2) is 23.1 Å². The van der Waals surface area contributed by atoms with Crippen molar-refractivity contribution in [1.82, 2.24) is 0 Å². The minimum atomic E-state index is -3.83. The van der Waals surface area contributed by atoms with Gasteiger partial charge in [-0.3, -0.25) is 0 Å². The second-order valence-corrected chi connectivity index (χ2v) is 4.99. The van der Waals surface area contributed by atoms with Crippen molar-refractivity contribution in [2.45, 2.75) is 17.9 Å². The van der Waals surface area contributed by atoms with Crippen molar-refractivity contribution in [2.24, 2.45) is 5.14 Å². The zero-order valence-corrected chi connectivity index (χ0v) is 9.97. The van der Waals surface area contributed by atoms with Gasteiger partial charge in [-0.2, -0.15) is 0 Å². The van der Waals surface area contributed by atoms with E-state index in [4.69, 9.17) is 21.5 Å². The molecule has 2 N–H and O–H groups in total. The molecule has 0 aromatic heterocycles. The van der Waals surface area contributed by atoms with Crippen LogP contribution < -0.4 is 5.14 Å². The number of halogens is 1. The summed E-state index contributed by atoms with van der Waals surface area (Å²) in [6.45, 7) is 1.72. The summed E-state index contributed by atoms with van der Waals surface area (Å²) in [5.41, 5.74) is 0.465. The van der Waals surface area contributed by atoms with E-state index in [2.05, 4.69) is 0 Å². The van der Waals surface area contributed by atoms with E-state index in [-0.39, 0.29) is 16.0 Å². The average molecular weight is 250 g/mol. The van der Waals surface area contributed by atoms with E-state index in [1.807, 2.05) is 0 Å². The second-order valence-electron chi connectivity index (χ2n) is 3.08. The van der Waals surface area contributed by atoms with Crippen molar-refractivity contribution in [3.63, 3.8) is 0 Å². The number of nitrogens with two attached hydrogens (primary N) is 1. The number of ether oxygens (including phenoxy) is 1. The van der Waals surface area contributed by atoms with Gasteiger partial charge in [0.1, 0.15) is 4.90 Å². The Morgan fingerprint density at radius 2 is 2.07 bits per heavy atom. The topological polar surface area (TPSA) is 69.4 Å². The largest absolute Gasteiger partial charge is 0.377 e. The molecule has 1 atom stereocenters. The Balaban J connectivity index is 3.47. The summed E-state index contributed by atoms with van der Waals surface area (Å²) in [5.74, 6) is 0. The summed E-state index contributed by atoms with van der Waals surface area (Å²) in [6.07, 6.45) is -0.378. The van der Waals surface area contributed by atoms with Crippen molar-refractivity contribution >= 4 is 21.6 Å². The molecular formula is C9H12ClNO3S. The maximum absolute atomic E-state index is 11.3. The first-order valence-corrected chi connectivity index (χ1v) is 6.14. The summed E-state index contributed by atoms with van der Waals surface area (Å²) in [6, 6.07) is 4.76. The van der Waals surface area contributed by atoms with E-state index in [0.29, 0.717) is 5.56 Å². The molecule has 1 unspecified atom stereocenters. The Morgan fingerprint density at radius 1 is 1.47 bits per heavy atom. The van der Waals surface area contributed by atoms with E-state index in [1.54, 1.807) is 19.1 Å². The van der Waals surface area contributed by atoms with Gasteiger partial charge in [-0.15, -0.1) is 0 Å². The fraction of sp³-hybridized carbons (Fsp3) is 0.333. The van der Waals surface area contributed by atoms with Crippen molar-refractivity contribution in [3.05, 3.63) is 28.8 Å². The number of hydrogen-bond donors (Lipinski definition) is 1. The molecule has 0 amide bonds. The second kappa shape index (κ2) is 4.49. The van der Waals surface area contributed by atoms with Crippen LogP contribution in [0.4, 0.5) is 0 Å². The average Bonchev–Trinajstić information content (AvgIpc) is 2.14. The van der Waals surface area contributed by atoms with Gasteiger partial charge in [-0.05, 0) is 13.0 Å². The fourth-order valence-corrected chi connectivity index (χ4v) is 2.68. The van der Waals surface area contributed by atoms with Crippen LogP contribution in [0.3, 0.4) is 0 Å². The van der Waals surface area contributed by atoms with Crippen LogP contribution in [0.25, 0.3) is 0 Å².